The molecule has 0 fully saturated rings. The number of benzene rings is 2. The molecule has 0 radical (unpaired) electrons. The molecule has 2 aromatic rings. The van der Waals surface area contributed by atoms with Crippen molar-refractivity contribution in [3.05, 3.63) is 65.0 Å². The lowest BCUT2D eigenvalue weighted by atomic mass is 10.1. The second-order valence-corrected chi connectivity index (χ2v) is 6.82. The molecule has 22 heavy (non-hydrogen) atoms. The largest absolute Gasteiger partial charge is 0.496 e. The zero-order valence-electron chi connectivity index (χ0n) is 12.5. The van der Waals surface area contributed by atoms with Crippen LogP contribution in [0, 0.1) is 12.7 Å². The lowest BCUT2D eigenvalue weighted by Crippen LogP contribution is -2.24. The summed E-state index contributed by atoms with van der Waals surface area (Å²) in [4.78, 5) is 0. The standard InChI is InChI=1S/C16H18FNO3S/c1-12-9-14(5-8-16(12)21-2)10-18-22(19,20)11-13-3-6-15(17)7-4-13/h3-9,18H,10-11H2,1-2H3. The minimum Gasteiger partial charge on any atom is -0.496 e. The Hall–Kier alpha value is -1.92. The van der Waals surface area contributed by atoms with E-state index in [0.29, 0.717) is 5.56 Å². The summed E-state index contributed by atoms with van der Waals surface area (Å²) in [6, 6.07) is 10.9. The molecule has 0 aliphatic carbocycles. The summed E-state index contributed by atoms with van der Waals surface area (Å²) in [5.74, 6) is 0.198. The lowest BCUT2D eigenvalue weighted by molar-refractivity contribution is 0.411. The maximum Gasteiger partial charge on any atom is 0.216 e. The average molecular weight is 323 g/mol. The van der Waals surface area contributed by atoms with E-state index in [1.807, 2.05) is 19.1 Å². The average Bonchev–Trinajstić information content (AvgIpc) is 2.48. The van der Waals surface area contributed by atoms with Gasteiger partial charge < -0.3 is 4.74 Å². The predicted octanol–water partition coefficient (Wildman–Crippen LogP) is 2.76. The lowest BCUT2D eigenvalue weighted by Gasteiger charge is -2.09. The third-order valence-electron chi connectivity index (χ3n) is 3.23. The van der Waals surface area contributed by atoms with Gasteiger partial charge in [0.2, 0.25) is 10.0 Å². The Morgan fingerprint density at radius 2 is 1.73 bits per heavy atom. The Kier molecular flexibility index (Phi) is 5.15. The Morgan fingerprint density at radius 3 is 2.32 bits per heavy atom. The van der Waals surface area contributed by atoms with Gasteiger partial charge in [0.25, 0.3) is 0 Å². The number of halogens is 1. The van der Waals surface area contributed by atoms with Crippen molar-refractivity contribution in [1.29, 1.82) is 0 Å². The van der Waals surface area contributed by atoms with Crippen LogP contribution in [0.4, 0.5) is 4.39 Å². The van der Waals surface area contributed by atoms with Crippen molar-refractivity contribution in [2.24, 2.45) is 0 Å². The van der Waals surface area contributed by atoms with Crippen LogP contribution in [0.15, 0.2) is 42.5 Å². The van der Waals surface area contributed by atoms with Crippen LogP contribution in [0.1, 0.15) is 16.7 Å². The number of nitrogens with one attached hydrogen (secondary N) is 1. The summed E-state index contributed by atoms with van der Waals surface area (Å²) in [5.41, 5.74) is 2.33. The van der Waals surface area contributed by atoms with Gasteiger partial charge in [-0.3, -0.25) is 0 Å². The normalized spacial score (nSPS) is 11.4. The third-order valence-corrected chi connectivity index (χ3v) is 4.52. The van der Waals surface area contributed by atoms with Gasteiger partial charge in [-0.1, -0.05) is 24.3 Å². The minimum atomic E-state index is -3.48. The molecule has 0 bridgehead atoms. The van der Waals surface area contributed by atoms with Gasteiger partial charge in [0.05, 0.1) is 12.9 Å². The first kappa shape index (κ1) is 16.5. The number of rotatable bonds is 6. The zero-order chi connectivity index (χ0) is 16.2. The summed E-state index contributed by atoms with van der Waals surface area (Å²) in [6.45, 7) is 2.10. The summed E-state index contributed by atoms with van der Waals surface area (Å²) in [7, 11) is -1.89. The van der Waals surface area contributed by atoms with Crippen molar-refractivity contribution in [2.75, 3.05) is 7.11 Å². The van der Waals surface area contributed by atoms with Crippen LogP contribution >= 0.6 is 0 Å². The van der Waals surface area contributed by atoms with Gasteiger partial charge in [0.1, 0.15) is 11.6 Å². The van der Waals surface area contributed by atoms with E-state index in [0.717, 1.165) is 16.9 Å². The van der Waals surface area contributed by atoms with Gasteiger partial charge in [0, 0.05) is 6.54 Å². The molecule has 1 N–H and O–H groups in total. The van der Waals surface area contributed by atoms with Gasteiger partial charge in [0.15, 0.2) is 0 Å². The molecular weight excluding hydrogens is 305 g/mol. The van der Waals surface area contributed by atoms with Crippen LogP contribution in [0.5, 0.6) is 5.75 Å². The van der Waals surface area contributed by atoms with E-state index in [-0.39, 0.29) is 18.1 Å². The highest BCUT2D eigenvalue weighted by Crippen LogP contribution is 2.18. The fourth-order valence-corrected chi connectivity index (χ4v) is 3.21. The second kappa shape index (κ2) is 6.89. The monoisotopic (exact) mass is 323 g/mol. The molecular formula is C16H18FNO3S. The number of hydrogen-bond acceptors (Lipinski definition) is 3. The molecule has 0 aliphatic heterocycles. The Bertz CT molecular complexity index is 742. The molecule has 0 aliphatic rings. The van der Waals surface area contributed by atoms with Gasteiger partial charge in [-0.05, 0) is 41.8 Å². The number of ether oxygens (including phenoxy) is 1. The summed E-state index contributed by atoms with van der Waals surface area (Å²) in [5, 5.41) is 0. The first-order valence-electron chi connectivity index (χ1n) is 6.75. The topological polar surface area (TPSA) is 55.4 Å². The van der Waals surface area contributed by atoms with Crippen molar-refractivity contribution < 1.29 is 17.5 Å². The Labute approximate surface area is 130 Å². The van der Waals surface area contributed by atoms with Gasteiger partial charge in [-0.25, -0.2) is 17.5 Å². The molecule has 6 heteroatoms. The van der Waals surface area contributed by atoms with Gasteiger partial charge >= 0.3 is 0 Å². The molecule has 0 heterocycles. The summed E-state index contributed by atoms with van der Waals surface area (Å²) >= 11 is 0. The zero-order valence-corrected chi connectivity index (χ0v) is 13.3. The predicted molar refractivity (Wildman–Crippen MR) is 83.6 cm³/mol. The van der Waals surface area contributed by atoms with E-state index in [1.165, 1.54) is 24.3 Å². The molecule has 4 nitrogen and oxygen atoms in total. The highest BCUT2D eigenvalue weighted by molar-refractivity contribution is 7.88. The minimum absolute atomic E-state index is 0.178. The molecule has 0 aromatic heterocycles. The Balaban J connectivity index is 2.00. The van der Waals surface area contributed by atoms with Crippen molar-refractivity contribution >= 4 is 10.0 Å². The van der Waals surface area contributed by atoms with Gasteiger partial charge in [-0.15, -0.1) is 0 Å². The fourth-order valence-electron chi connectivity index (χ4n) is 2.09. The molecule has 0 atom stereocenters. The number of hydrogen-bond donors (Lipinski definition) is 1. The van der Waals surface area contributed by atoms with Crippen molar-refractivity contribution in [2.45, 2.75) is 19.2 Å². The SMILES string of the molecule is COc1ccc(CNS(=O)(=O)Cc2ccc(F)cc2)cc1C. The van der Waals surface area contributed by atoms with Gasteiger partial charge in [-0.2, -0.15) is 0 Å². The molecule has 0 saturated carbocycles. The van der Waals surface area contributed by atoms with Crippen LogP contribution in [0.25, 0.3) is 0 Å². The van der Waals surface area contributed by atoms with E-state index < -0.39 is 10.0 Å². The van der Waals surface area contributed by atoms with Crippen molar-refractivity contribution in [3.63, 3.8) is 0 Å². The maximum absolute atomic E-state index is 12.8. The van der Waals surface area contributed by atoms with E-state index in [4.69, 9.17) is 4.74 Å². The smallest absolute Gasteiger partial charge is 0.216 e. The van der Waals surface area contributed by atoms with Crippen molar-refractivity contribution in [1.82, 2.24) is 4.72 Å². The van der Waals surface area contributed by atoms with Crippen LogP contribution in [-0.4, -0.2) is 15.5 Å². The molecule has 0 saturated heterocycles. The number of methoxy groups -OCH3 is 1. The second-order valence-electron chi connectivity index (χ2n) is 5.01. The molecule has 2 aromatic carbocycles. The molecule has 0 unspecified atom stereocenters. The summed E-state index contributed by atoms with van der Waals surface area (Å²) < 4.78 is 44.6. The van der Waals surface area contributed by atoms with E-state index >= 15 is 0 Å². The highest BCUT2D eigenvalue weighted by Gasteiger charge is 2.12. The van der Waals surface area contributed by atoms with Crippen LogP contribution in [0.3, 0.4) is 0 Å². The van der Waals surface area contributed by atoms with E-state index in [1.54, 1.807) is 13.2 Å². The molecule has 118 valence electrons. The number of sulfonamides is 1. The van der Waals surface area contributed by atoms with Crippen LogP contribution < -0.4 is 9.46 Å². The highest BCUT2D eigenvalue weighted by atomic mass is 32.2. The first-order valence-corrected chi connectivity index (χ1v) is 8.40. The quantitative estimate of drug-likeness (QED) is 0.889. The third kappa shape index (κ3) is 4.54. The maximum atomic E-state index is 12.8. The van der Waals surface area contributed by atoms with E-state index in [9.17, 15) is 12.8 Å². The van der Waals surface area contributed by atoms with Crippen LogP contribution in [0.2, 0.25) is 0 Å². The first-order chi connectivity index (χ1) is 10.4. The Morgan fingerprint density at radius 1 is 1.09 bits per heavy atom. The molecule has 0 spiro atoms. The van der Waals surface area contributed by atoms with E-state index in [2.05, 4.69) is 4.72 Å². The molecule has 2 rings (SSSR count). The fraction of sp³-hybridized carbons (Fsp3) is 0.250. The molecule has 0 amide bonds. The van der Waals surface area contributed by atoms with Crippen molar-refractivity contribution in [3.8, 4) is 5.75 Å². The summed E-state index contributed by atoms with van der Waals surface area (Å²) in [6.07, 6.45) is 0. The number of aryl methyl sites for hydroxylation is 1. The van der Waals surface area contributed by atoms with Crippen LogP contribution in [-0.2, 0) is 22.3 Å².